The van der Waals surface area contributed by atoms with Gasteiger partial charge in [0.25, 0.3) is 0 Å². The fraction of sp³-hybridized carbons (Fsp3) is 0.562. The van der Waals surface area contributed by atoms with Gasteiger partial charge in [-0.05, 0) is 45.7 Å². The van der Waals surface area contributed by atoms with Gasteiger partial charge in [0.2, 0.25) is 5.91 Å². The van der Waals surface area contributed by atoms with E-state index in [4.69, 9.17) is 9.84 Å². The molecule has 1 amide bonds. The number of amides is 1. The SMILES string of the molecule is Cc1ccc(OCCC(=O)NC(C)(C)CCO)c(C)c1. The van der Waals surface area contributed by atoms with Crippen LogP contribution in [-0.2, 0) is 4.79 Å². The van der Waals surface area contributed by atoms with E-state index in [0.29, 0.717) is 19.4 Å². The fourth-order valence-electron chi connectivity index (χ4n) is 2.00. The van der Waals surface area contributed by atoms with Gasteiger partial charge in [0, 0.05) is 12.1 Å². The third kappa shape index (κ3) is 5.61. The van der Waals surface area contributed by atoms with Crippen molar-refractivity contribution < 1.29 is 14.6 Å². The molecule has 0 radical (unpaired) electrons. The van der Waals surface area contributed by atoms with Crippen molar-refractivity contribution in [3.05, 3.63) is 29.3 Å². The molecular weight excluding hydrogens is 254 g/mol. The van der Waals surface area contributed by atoms with Gasteiger partial charge in [-0.3, -0.25) is 4.79 Å². The molecule has 0 fully saturated rings. The lowest BCUT2D eigenvalue weighted by atomic mass is 10.0. The lowest BCUT2D eigenvalue weighted by Gasteiger charge is -2.25. The summed E-state index contributed by atoms with van der Waals surface area (Å²) in [6.07, 6.45) is 0.846. The van der Waals surface area contributed by atoms with Gasteiger partial charge in [-0.25, -0.2) is 0 Å². The van der Waals surface area contributed by atoms with Gasteiger partial charge in [-0.15, -0.1) is 0 Å². The van der Waals surface area contributed by atoms with E-state index >= 15 is 0 Å². The Hall–Kier alpha value is -1.55. The third-order valence-corrected chi connectivity index (χ3v) is 3.13. The van der Waals surface area contributed by atoms with Crippen LogP contribution in [-0.4, -0.2) is 29.8 Å². The molecule has 0 unspecified atom stereocenters. The molecular formula is C16H25NO3. The summed E-state index contributed by atoms with van der Waals surface area (Å²) in [4.78, 5) is 11.8. The first kappa shape index (κ1) is 16.5. The van der Waals surface area contributed by atoms with Crippen LogP contribution in [0.1, 0.15) is 37.8 Å². The van der Waals surface area contributed by atoms with Crippen molar-refractivity contribution in [1.29, 1.82) is 0 Å². The van der Waals surface area contributed by atoms with Crippen LogP contribution < -0.4 is 10.1 Å². The minimum atomic E-state index is -0.383. The molecule has 2 N–H and O–H groups in total. The molecule has 0 saturated heterocycles. The average molecular weight is 279 g/mol. The van der Waals surface area contributed by atoms with E-state index in [9.17, 15) is 4.79 Å². The Balaban J connectivity index is 2.38. The van der Waals surface area contributed by atoms with E-state index in [-0.39, 0.29) is 18.1 Å². The van der Waals surface area contributed by atoms with E-state index in [0.717, 1.165) is 11.3 Å². The maximum absolute atomic E-state index is 11.8. The van der Waals surface area contributed by atoms with E-state index < -0.39 is 0 Å². The molecule has 0 aromatic heterocycles. The summed E-state index contributed by atoms with van der Waals surface area (Å²) < 4.78 is 5.63. The zero-order valence-electron chi connectivity index (χ0n) is 12.8. The topological polar surface area (TPSA) is 58.6 Å². The minimum absolute atomic E-state index is 0.0618. The maximum Gasteiger partial charge on any atom is 0.223 e. The number of aryl methyl sites for hydroxylation is 2. The molecule has 1 rings (SSSR count). The Morgan fingerprint density at radius 2 is 2.05 bits per heavy atom. The molecule has 0 spiro atoms. The summed E-state index contributed by atoms with van der Waals surface area (Å²) in [5.74, 6) is 0.756. The van der Waals surface area contributed by atoms with Crippen LogP contribution in [0.4, 0.5) is 0 Å². The van der Waals surface area contributed by atoms with Crippen molar-refractivity contribution in [1.82, 2.24) is 5.32 Å². The van der Waals surface area contributed by atoms with Gasteiger partial charge in [0.15, 0.2) is 0 Å². The van der Waals surface area contributed by atoms with Crippen molar-refractivity contribution in [3.8, 4) is 5.75 Å². The second-order valence-corrected chi connectivity index (χ2v) is 5.77. The molecule has 1 aromatic rings. The number of rotatable bonds is 7. The van der Waals surface area contributed by atoms with Crippen molar-refractivity contribution >= 4 is 5.91 Å². The second-order valence-electron chi connectivity index (χ2n) is 5.77. The number of ether oxygens (including phenoxy) is 1. The molecule has 0 aliphatic carbocycles. The van der Waals surface area contributed by atoms with Crippen LogP contribution in [0.3, 0.4) is 0 Å². The van der Waals surface area contributed by atoms with Gasteiger partial charge in [0.05, 0.1) is 13.0 Å². The molecule has 4 nitrogen and oxygen atoms in total. The standard InChI is InChI=1S/C16H25NO3/c1-12-5-6-14(13(2)11-12)20-10-7-15(19)17-16(3,4)8-9-18/h5-6,11,18H,7-10H2,1-4H3,(H,17,19). The summed E-state index contributed by atoms with van der Waals surface area (Å²) in [6, 6.07) is 5.98. The largest absolute Gasteiger partial charge is 0.493 e. The van der Waals surface area contributed by atoms with Crippen molar-refractivity contribution in [2.24, 2.45) is 0 Å². The predicted octanol–water partition coefficient (Wildman–Crippen LogP) is 2.35. The van der Waals surface area contributed by atoms with Crippen LogP contribution in [0.25, 0.3) is 0 Å². The summed E-state index contributed by atoms with van der Waals surface area (Å²) in [5, 5.41) is 11.8. The molecule has 0 aliphatic rings. The van der Waals surface area contributed by atoms with Gasteiger partial charge < -0.3 is 15.2 Å². The first-order chi connectivity index (χ1) is 9.34. The van der Waals surface area contributed by atoms with E-state index in [1.165, 1.54) is 5.56 Å². The second kappa shape index (κ2) is 7.29. The Morgan fingerprint density at radius 3 is 2.65 bits per heavy atom. The number of hydrogen-bond donors (Lipinski definition) is 2. The normalized spacial score (nSPS) is 11.2. The maximum atomic E-state index is 11.8. The Morgan fingerprint density at radius 1 is 1.35 bits per heavy atom. The van der Waals surface area contributed by atoms with Crippen molar-refractivity contribution in [2.45, 2.75) is 46.1 Å². The number of hydrogen-bond acceptors (Lipinski definition) is 3. The van der Waals surface area contributed by atoms with Crippen molar-refractivity contribution in [2.75, 3.05) is 13.2 Å². The molecule has 112 valence electrons. The Kier molecular flexibility index (Phi) is 6.02. The summed E-state index contributed by atoms with van der Waals surface area (Å²) in [7, 11) is 0. The van der Waals surface area contributed by atoms with Gasteiger partial charge in [-0.1, -0.05) is 17.7 Å². The van der Waals surface area contributed by atoms with Crippen LogP contribution in [0.2, 0.25) is 0 Å². The number of aliphatic hydroxyl groups is 1. The molecule has 4 heteroatoms. The predicted molar refractivity (Wildman–Crippen MR) is 80.0 cm³/mol. The van der Waals surface area contributed by atoms with Gasteiger partial charge >= 0.3 is 0 Å². The van der Waals surface area contributed by atoms with E-state index in [1.54, 1.807) is 0 Å². The summed E-state index contributed by atoms with van der Waals surface area (Å²) in [5.41, 5.74) is 1.88. The molecule has 0 bridgehead atoms. The smallest absolute Gasteiger partial charge is 0.223 e. The fourth-order valence-corrected chi connectivity index (χ4v) is 2.00. The van der Waals surface area contributed by atoms with Crippen LogP contribution in [0, 0.1) is 13.8 Å². The summed E-state index contributed by atoms with van der Waals surface area (Å²) >= 11 is 0. The van der Waals surface area contributed by atoms with Gasteiger partial charge in [-0.2, -0.15) is 0 Å². The zero-order chi connectivity index (χ0) is 15.2. The van der Waals surface area contributed by atoms with Crippen LogP contribution in [0.15, 0.2) is 18.2 Å². The third-order valence-electron chi connectivity index (χ3n) is 3.13. The highest BCUT2D eigenvalue weighted by Crippen LogP contribution is 2.18. The number of carbonyl (C=O) groups is 1. The number of benzene rings is 1. The molecule has 1 aromatic carbocycles. The monoisotopic (exact) mass is 279 g/mol. The molecule has 0 aliphatic heterocycles. The Bertz CT molecular complexity index is 455. The highest BCUT2D eigenvalue weighted by atomic mass is 16.5. The van der Waals surface area contributed by atoms with Crippen LogP contribution in [0.5, 0.6) is 5.75 Å². The average Bonchev–Trinajstić information content (AvgIpc) is 2.31. The minimum Gasteiger partial charge on any atom is -0.493 e. The molecule has 20 heavy (non-hydrogen) atoms. The van der Waals surface area contributed by atoms with E-state index in [2.05, 4.69) is 11.4 Å². The van der Waals surface area contributed by atoms with E-state index in [1.807, 2.05) is 39.8 Å². The first-order valence-electron chi connectivity index (χ1n) is 6.96. The summed E-state index contributed by atoms with van der Waals surface area (Å²) in [6.45, 7) is 8.23. The Labute approximate surface area is 121 Å². The van der Waals surface area contributed by atoms with Crippen molar-refractivity contribution in [3.63, 3.8) is 0 Å². The number of nitrogens with one attached hydrogen (secondary N) is 1. The lowest BCUT2D eigenvalue weighted by molar-refractivity contribution is -0.123. The quantitative estimate of drug-likeness (QED) is 0.805. The number of aliphatic hydroxyl groups excluding tert-OH is 1. The molecule has 0 saturated carbocycles. The molecule has 0 heterocycles. The lowest BCUT2D eigenvalue weighted by Crippen LogP contribution is -2.44. The van der Waals surface area contributed by atoms with Gasteiger partial charge in [0.1, 0.15) is 5.75 Å². The molecule has 0 atom stereocenters. The highest BCUT2D eigenvalue weighted by molar-refractivity contribution is 5.76. The first-order valence-corrected chi connectivity index (χ1v) is 6.96. The zero-order valence-corrected chi connectivity index (χ0v) is 12.8. The number of carbonyl (C=O) groups excluding carboxylic acids is 1. The highest BCUT2D eigenvalue weighted by Gasteiger charge is 2.19. The van der Waals surface area contributed by atoms with Crippen LogP contribution >= 0.6 is 0 Å².